The first-order chi connectivity index (χ1) is 8.75. The van der Waals surface area contributed by atoms with Gasteiger partial charge in [0.25, 0.3) is 0 Å². The highest BCUT2D eigenvalue weighted by atomic mass is 127. The molecule has 4 heteroatoms. The van der Waals surface area contributed by atoms with Crippen molar-refractivity contribution in [3.63, 3.8) is 0 Å². The smallest absolute Gasteiger partial charge is 0.140 e. The van der Waals surface area contributed by atoms with Crippen LogP contribution >= 0.6 is 22.6 Å². The zero-order valence-electron chi connectivity index (χ0n) is 9.47. The quantitative estimate of drug-likeness (QED) is 0.676. The van der Waals surface area contributed by atoms with Crippen molar-refractivity contribution in [2.24, 2.45) is 0 Å². The summed E-state index contributed by atoms with van der Waals surface area (Å²) in [5, 5.41) is 9.13. The van der Waals surface area contributed by atoms with E-state index in [0.717, 1.165) is 20.2 Å². The zero-order chi connectivity index (χ0) is 12.5. The lowest BCUT2D eigenvalue weighted by atomic mass is 10.2. The molecule has 0 spiro atoms. The number of benzene rings is 2. The van der Waals surface area contributed by atoms with E-state index in [2.05, 4.69) is 27.6 Å². The van der Waals surface area contributed by atoms with Gasteiger partial charge in [-0.15, -0.1) is 0 Å². The van der Waals surface area contributed by atoms with Crippen LogP contribution < -0.4 is 5.49 Å². The van der Waals surface area contributed by atoms with Crippen molar-refractivity contribution in [2.45, 2.75) is 0 Å². The Hall–Kier alpha value is -1.69. The number of fused-ring (bicyclic) bond motifs is 1. The predicted molar refractivity (Wildman–Crippen MR) is 79.6 cm³/mol. The number of nitrogens with one attached hydrogen (secondary N) is 1. The van der Waals surface area contributed by atoms with Gasteiger partial charge in [-0.05, 0) is 52.9 Å². The standard InChI is InChI=1S/C14H10IN3/c15-10-6-7-12-13(8-10)17-9-18(14(12)16)11-4-2-1-3-5-11/h1-9,16H. The highest BCUT2D eigenvalue weighted by Gasteiger charge is 2.02. The molecule has 0 bridgehead atoms. The van der Waals surface area contributed by atoms with Gasteiger partial charge in [0.05, 0.1) is 5.52 Å². The number of aromatic nitrogens is 2. The molecule has 0 aliphatic carbocycles. The third kappa shape index (κ3) is 1.92. The molecule has 0 aliphatic heterocycles. The first-order valence-corrected chi connectivity index (χ1v) is 6.60. The van der Waals surface area contributed by atoms with Crippen LogP contribution in [0.15, 0.2) is 54.9 Å². The third-order valence-electron chi connectivity index (χ3n) is 2.80. The molecular weight excluding hydrogens is 337 g/mol. The topological polar surface area (TPSA) is 41.7 Å². The molecule has 0 atom stereocenters. The maximum Gasteiger partial charge on any atom is 0.140 e. The summed E-state index contributed by atoms with van der Waals surface area (Å²) in [7, 11) is 0. The van der Waals surface area contributed by atoms with Gasteiger partial charge in [0.2, 0.25) is 0 Å². The summed E-state index contributed by atoms with van der Waals surface area (Å²) in [6.45, 7) is 0. The second kappa shape index (κ2) is 4.53. The Balaban J connectivity index is 2.31. The Morgan fingerprint density at radius 1 is 1.06 bits per heavy atom. The van der Waals surface area contributed by atoms with E-state index in [9.17, 15) is 0 Å². The first-order valence-electron chi connectivity index (χ1n) is 5.52. The van der Waals surface area contributed by atoms with E-state index in [0.29, 0.717) is 5.49 Å². The fourth-order valence-corrected chi connectivity index (χ4v) is 2.38. The molecule has 0 unspecified atom stereocenters. The molecule has 3 aromatic rings. The summed E-state index contributed by atoms with van der Waals surface area (Å²) in [6, 6.07) is 15.8. The number of halogens is 1. The SMILES string of the molecule is N=c1c2ccc(I)cc2ncn1-c1ccccc1. The number of nitrogens with zero attached hydrogens (tertiary/aromatic N) is 2. The summed E-state index contributed by atoms with van der Waals surface area (Å²) >= 11 is 2.25. The molecular formula is C14H10IN3. The molecule has 88 valence electrons. The largest absolute Gasteiger partial charge is 0.285 e. The Morgan fingerprint density at radius 2 is 1.83 bits per heavy atom. The van der Waals surface area contributed by atoms with Crippen molar-refractivity contribution >= 4 is 33.5 Å². The minimum absolute atomic E-state index is 0.461. The highest BCUT2D eigenvalue weighted by molar-refractivity contribution is 14.1. The summed E-state index contributed by atoms with van der Waals surface area (Å²) in [5.74, 6) is 0. The molecule has 18 heavy (non-hydrogen) atoms. The molecule has 0 aliphatic rings. The predicted octanol–water partition coefficient (Wildman–Crippen LogP) is 3.11. The van der Waals surface area contributed by atoms with Crippen LogP contribution in [0.5, 0.6) is 0 Å². The molecule has 0 radical (unpaired) electrons. The molecule has 0 saturated carbocycles. The monoisotopic (exact) mass is 347 g/mol. The fraction of sp³-hybridized carbons (Fsp3) is 0. The second-order valence-corrected chi connectivity index (χ2v) is 5.21. The lowest BCUT2D eigenvalue weighted by Gasteiger charge is -2.08. The molecule has 1 N–H and O–H groups in total. The Kier molecular flexibility index (Phi) is 2.87. The Bertz CT molecular complexity index is 763. The van der Waals surface area contributed by atoms with Gasteiger partial charge in [0.1, 0.15) is 11.8 Å². The van der Waals surface area contributed by atoms with Crippen LogP contribution in [-0.2, 0) is 0 Å². The van der Waals surface area contributed by atoms with Crippen LogP contribution in [0.2, 0.25) is 0 Å². The summed E-state index contributed by atoms with van der Waals surface area (Å²) < 4.78 is 2.92. The first kappa shape index (κ1) is 11.4. The molecule has 1 heterocycles. The molecule has 0 saturated heterocycles. The van der Waals surface area contributed by atoms with Crippen molar-refractivity contribution in [3.05, 3.63) is 63.9 Å². The van der Waals surface area contributed by atoms with Crippen LogP contribution in [0.25, 0.3) is 16.6 Å². The van der Waals surface area contributed by atoms with Gasteiger partial charge in [-0.2, -0.15) is 0 Å². The zero-order valence-corrected chi connectivity index (χ0v) is 11.6. The van der Waals surface area contributed by atoms with E-state index in [1.165, 1.54) is 0 Å². The molecule has 0 fully saturated rings. The minimum Gasteiger partial charge on any atom is -0.285 e. The lowest BCUT2D eigenvalue weighted by molar-refractivity contribution is 0.910. The average Bonchev–Trinajstić information content (AvgIpc) is 2.40. The van der Waals surface area contributed by atoms with E-state index in [-0.39, 0.29) is 0 Å². The van der Waals surface area contributed by atoms with E-state index >= 15 is 0 Å². The number of para-hydroxylation sites is 1. The van der Waals surface area contributed by atoms with Gasteiger partial charge < -0.3 is 0 Å². The fourth-order valence-electron chi connectivity index (χ4n) is 1.90. The van der Waals surface area contributed by atoms with Crippen molar-refractivity contribution in [1.29, 1.82) is 5.41 Å². The van der Waals surface area contributed by atoms with Gasteiger partial charge in [-0.3, -0.25) is 9.98 Å². The molecule has 0 amide bonds. The van der Waals surface area contributed by atoms with Crippen molar-refractivity contribution in [1.82, 2.24) is 9.55 Å². The third-order valence-corrected chi connectivity index (χ3v) is 3.47. The molecule has 3 nitrogen and oxygen atoms in total. The van der Waals surface area contributed by atoms with Gasteiger partial charge in [0, 0.05) is 14.6 Å². The van der Waals surface area contributed by atoms with E-state index < -0.39 is 0 Å². The van der Waals surface area contributed by atoms with Gasteiger partial charge in [-0.25, -0.2) is 4.98 Å². The minimum atomic E-state index is 0.461. The normalized spacial score (nSPS) is 10.7. The van der Waals surface area contributed by atoms with Gasteiger partial charge >= 0.3 is 0 Å². The summed E-state index contributed by atoms with van der Waals surface area (Å²) in [4.78, 5) is 4.42. The van der Waals surface area contributed by atoms with Crippen LogP contribution in [0.4, 0.5) is 0 Å². The van der Waals surface area contributed by atoms with Gasteiger partial charge in [0.15, 0.2) is 0 Å². The summed E-state index contributed by atoms with van der Waals surface area (Å²) in [5.41, 5.74) is 2.28. The van der Waals surface area contributed by atoms with Crippen molar-refractivity contribution < 1.29 is 0 Å². The maximum absolute atomic E-state index is 8.27. The lowest BCUT2D eigenvalue weighted by Crippen LogP contribution is -2.18. The Morgan fingerprint density at radius 3 is 2.61 bits per heavy atom. The van der Waals surface area contributed by atoms with Crippen LogP contribution in [0, 0.1) is 8.98 Å². The number of hydrogen-bond acceptors (Lipinski definition) is 2. The van der Waals surface area contributed by atoms with E-state index in [4.69, 9.17) is 5.41 Å². The van der Waals surface area contributed by atoms with Crippen LogP contribution in [-0.4, -0.2) is 9.55 Å². The van der Waals surface area contributed by atoms with Crippen LogP contribution in [0.3, 0.4) is 0 Å². The van der Waals surface area contributed by atoms with E-state index in [1.807, 2.05) is 48.5 Å². The number of hydrogen-bond donors (Lipinski definition) is 1. The second-order valence-electron chi connectivity index (χ2n) is 3.96. The molecule has 3 rings (SSSR count). The molecule has 1 aromatic heterocycles. The van der Waals surface area contributed by atoms with Crippen molar-refractivity contribution in [2.75, 3.05) is 0 Å². The summed E-state index contributed by atoms with van der Waals surface area (Å²) in [6.07, 6.45) is 1.70. The van der Waals surface area contributed by atoms with Crippen molar-refractivity contribution in [3.8, 4) is 5.69 Å². The highest BCUT2D eigenvalue weighted by Crippen LogP contribution is 2.13. The average molecular weight is 347 g/mol. The van der Waals surface area contributed by atoms with Crippen LogP contribution in [0.1, 0.15) is 0 Å². The van der Waals surface area contributed by atoms with E-state index in [1.54, 1.807) is 10.9 Å². The van der Waals surface area contributed by atoms with Gasteiger partial charge in [-0.1, -0.05) is 18.2 Å². The maximum atomic E-state index is 8.27. The number of rotatable bonds is 1. The Labute approximate surface area is 118 Å². The molecule has 2 aromatic carbocycles.